The lowest BCUT2D eigenvalue weighted by Gasteiger charge is -2.06. The number of aliphatic imine (C=N–C) groups is 1. The van der Waals surface area contributed by atoms with Crippen molar-refractivity contribution >= 4 is 11.9 Å². The maximum atomic E-state index is 5.79. The molecule has 0 unspecified atom stereocenters. The third kappa shape index (κ3) is 4.01. The van der Waals surface area contributed by atoms with E-state index in [0.717, 1.165) is 28.5 Å². The first-order valence-corrected chi connectivity index (χ1v) is 7.31. The van der Waals surface area contributed by atoms with Crippen LogP contribution >= 0.6 is 0 Å². The fraction of sp³-hybridized carbons (Fsp3) is 0.105. The van der Waals surface area contributed by atoms with E-state index in [0.29, 0.717) is 0 Å². The highest BCUT2D eigenvalue weighted by Gasteiger charge is 1.98. The highest BCUT2D eigenvalue weighted by molar-refractivity contribution is 5.81. The smallest absolute Gasteiger partial charge is 0.127 e. The van der Waals surface area contributed by atoms with Crippen molar-refractivity contribution in [3.8, 4) is 17.2 Å². The van der Waals surface area contributed by atoms with Gasteiger partial charge < -0.3 is 14.0 Å². The number of aryl methyl sites for hydroxylation is 1. The normalized spacial score (nSPS) is 10.9. The lowest BCUT2D eigenvalue weighted by Crippen LogP contribution is -1.85. The Morgan fingerprint density at radius 3 is 2.04 bits per heavy atom. The molecular formula is C19H18N2O2. The Morgan fingerprint density at radius 2 is 1.48 bits per heavy atom. The second-order valence-electron chi connectivity index (χ2n) is 5.14. The molecule has 0 radical (unpaired) electrons. The van der Waals surface area contributed by atoms with Crippen LogP contribution in [-0.4, -0.2) is 17.9 Å². The van der Waals surface area contributed by atoms with Crippen molar-refractivity contribution in [3.63, 3.8) is 0 Å². The average Bonchev–Trinajstić information content (AvgIpc) is 3.00. The molecule has 23 heavy (non-hydrogen) atoms. The summed E-state index contributed by atoms with van der Waals surface area (Å²) in [5.41, 5.74) is 1.96. The first-order chi connectivity index (χ1) is 11.2. The van der Waals surface area contributed by atoms with Gasteiger partial charge in [0.25, 0.3) is 0 Å². The van der Waals surface area contributed by atoms with Crippen LogP contribution in [0.15, 0.2) is 72.0 Å². The second-order valence-corrected chi connectivity index (χ2v) is 5.14. The SMILES string of the molecule is COc1ccc(Oc2ccc(N=Cc3ccn(C)c3)cc2)cc1. The standard InChI is InChI=1S/C19H18N2O2/c1-21-12-11-15(14-21)13-20-16-3-5-18(6-4-16)23-19-9-7-17(22-2)8-10-19/h3-14H,1-2H3. The van der Waals surface area contributed by atoms with Crippen LogP contribution in [0.2, 0.25) is 0 Å². The average molecular weight is 306 g/mol. The second kappa shape index (κ2) is 6.83. The molecule has 0 N–H and O–H groups in total. The Balaban J connectivity index is 1.65. The maximum absolute atomic E-state index is 5.79. The molecule has 0 aliphatic carbocycles. The predicted molar refractivity (Wildman–Crippen MR) is 92.2 cm³/mol. The number of benzene rings is 2. The summed E-state index contributed by atoms with van der Waals surface area (Å²) in [6.07, 6.45) is 5.86. The molecule has 116 valence electrons. The maximum Gasteiger partial charge on any atom is 0.127 e. The molecule has 0 amide bonds. The third-order valence-corrected chi connectivity index (χ3v) is 3.35. The monoisotopic (exact) mass is 306 g/mol. The van der Waals surface area contributed by atoms with Gasteiger partial charge in [-0.1, -0.05) is 0 Å². The topological polar surface area (TPSA) is 35.8 Å². The van der Waals surface area contributed by atoms with Crippen molar-refractivity contribution in [1.82, 2.24) is 4.57 Å². The first-order valence-electron chi connectivity index (χ1n) is 7.31. The molecule has 3 rings (SSSR count). The van der Waals surface area contributed by atoms with Crippen LogP contribution < -0.4 is 9.47 Å². The molecule has 0 aliphatic heterocycles. The van der Waals surface area contributed by atoms with Gasteiger partial charge in [0, 0.05) is 31.2 Å². The minimum atomic E-state index is 0.770. The molecule has 0 saturated carbocycles. The van der Waals surface area contributed by atoms with Crippen LogP contribution in [-0.2, 0) is 7.05 Å². The number of rotatable bonds is 5. The van der Waals surface area contributed by atoms with Gasteiger partial charge in [0.05, 0.1) is 12.8 Å². The van der Waals surface area contributed by atoms with E-state index in [1.807, 2.05) is 84.8 Å². The van der Waals surface area contributed by atoms with E-state index in [1.54, 1.807) is 7.11 Å². The number of ether oxygens (including phenoxy) is 2. The van der Waals surface area contributed by atoms with E-state index >= 15 is 0 Å². The van der Waals surface area contributed by atoms with Gasteiger partial charge in [0.2, 0.25) is 0 Å². The molecule has 1 heterocycles. The van der Waals surface area contributed by atoms with Crippen molar-refractivity contribution < 1.29 is 9.47 Å². The van der Waals surface area contributed by atoms with Crippen LogP contribution in [0.3, 0.4) is 0 Å². The van der Waals surface area contributed by atoms with Crippen LogP contribution in [0.4, 0.5) is 5.69 Å². The van der Waals surface area contributed by atoms with Crippen molar-refractivity contribution in [3.05, 3.63) is 72.6 Å². The summed E-state index contributed by atoms with van der Waals surface area (Å²) in [5.74, 6) is 2.35. The van der Waals surface area contributed by atoms with Crippen molar-refractivity contribution in [2.75, 3.05) is 7.11 Å². The Labute approximate surface area is 135 Å². The summed E-state index contributed by atoms with van der Waals surface area (Å²) in [6.45, 7) is 0. The van der Waals surface area contributed by atoms with Crippen molar-refractivity contribution in [2.45, 2.75) is 0 Å². The fourth-order valence-corrected chi connectivity index (χ4v) is 2.13. The van der Waals surface area contributed by atoms with Gasteiger partial charge in [-0.25, -0.2) is 0 Å². The summed E-state index contributed by atoms with van der Waals surface area (Å²) in [6, 6.07) is 17.2. The number of hydrogen-bond acceptors (Lipinski definition) is 3. The van der Waals surface area contributed by atoms with E-state index in [4.69, 9.17) is 9.47 Å². The minimum Gasteiger partial charge on any atom is -0.497 e. The highest BCUT2D eigenvalue weighted by Crippen LogP contribution is 2.25. The molecule has 4 heteroatoms. The number of methoxy groups -OCH3 is 1. The Morgan fingerprint density at radius 1 is 0.870 bits per heavy atom. The summed E-state index contributed by atoms with van der Waals surface area (Å²) in [5, 5.41) is 0. The van der Waals surface area contributed by atoms with Crippen LogP contribution in [0, 0.1) is 0 Å². The quantitative estimate of drug-likeness (QED) is 0.647. The fourth-order valence-electron chi connectivity index (χ4n) is 2.13. The molecule has 3 aromatic rings. The van der Waals surface area contributed by atoms with E-state index in [-0.39, 0.29) is 0 Å². The summed E-state index contributed by atoms with van der Waals surface area (Å²) in [7, 11) is 3.63. The van der Waals surface area contributed by atoms with Gasteiger partial charge in [0.1, 0.15) is 17.2 Å². The van der Waals surface area contributed by atoms with Gasteiger partial charge in [0.15, 0.2) is 0 Å². The molecular weight excluding hydrogens is 288 g/mol. The van der Waals surface area contributed by atoms with Gasteiger partial charge in [-0.05, 0) is 54.6 Å². The van der Waals surface area contributed by atoms with E-state index in [9.17, 15) is 0 Å². The zero-order chi connectivity index (χ0) is 16.1. The largest absolute Gasteiger partial charge is 0.497 e. The molecule has 0 fully saturated rings. The Kier molecular flexibility index (Phi) is 4.43. The van der Waals surface area contributed by atoms with Gasteiger partial charge in [-0.15, -0.1) is 0 Å². The van der Waals surface area contributed by atoms with E-state index in [2.05, 4.69) is 4.99 Å². The van der Waals surface area contributed by atoms with Crippen LogP contribution in [0.1, 0.15) is 5.56 Å². The highest BCUT2D eigenvalue weighted by atomic mass is 16.5. The Hall–Kier alpha value is -3.01. The lowest BCUT2D eigenvalue weighted by atomic mass is 10.3. The third-order valence-electron chi connectivity index (χ3n) is 3.35. The molecule has 0 spiro atoms. The van der Waals surface area contributed by atoms with Gasteiger partial charge >= 0.3 is 0 Å². The number of aromatic nitrogens is 1. The first kappa shape index (κ1) is 14.9. The zero-order valence-corrected chi connectivity index (χ0v) is 13.1. The lowest BCUT2D eigenvalue weighted by molar-refractivity contribution is 0.413. The summed E-state index contributed by atoms with van der Waals surface area (Å²) in [4.78, 5) is 4.45. The molecule has 0 bridgehead atoms. The van der Waals surface area contributed by atoms with Crippen LogP contribution in [0.5, 0.6) is 17.2 Å². The zero-order valence-electron chi connectivity index (χ0n) is 13.1. The van der Waals surface area contributed by atoms with Crippen molar-refractivity contribution in [2.24, 2.45) is 12.0 Å². The molecule has 0 saturated heterocycles. The van der Waals surface area contributed by atoms with E-state index in [1.165, 1.54) is 0 Å². The molecule has 2 aromatic carbocycles. The Bertz CT molecular complexity index is 787. The number of hydrogen-bond donors (Lipinski definition) is 0. The molecule has 0 aliphatic rings. The molecule has 1 aromatic heterocycles. The molecule has 4 nitrogen and oxygen atoms in total. The summed E-state index contributed by atoms with van der Waals surface area (Å²) >= 11 is 0. The van der Waals surface area contributed by atoms with Gasteiger partial charge in [-0.3, -0.25) is 4.99 Å². The van der Waals surface area contributed by atoms with Crippen molar-refractivity contribution in [1.29, 1.82) is 0 Å². The van der Waals surface area contributed by atoms with E-state index < -0.39 is 0 Å². The van der Waals surface area contributed by atoms with Gasteiger partial charge in [-0.2, -0.15) is 0 Å². The van der Waals surface area contributed by atoms with Crippen LogP contribution in [0.25, 0.3) is 0 Å². The predicted octanol–water partition coefficient (Wildman–Crippen LogP) is 4.58. The summed E-state index contributed by atoms with van der Waals surface area (Å²) < 4.78 is 12.9. The minimum absolute atomic E-state index is 0.770. The molecule has 0 atom stereocenters. The number of nitrogens with zero attached hydrogens (tertiary/aromatic N) is 2.